The van der Waals surface area contributed by atoms with E-state index in [2.05, 4.69) is 12.1 Å². The summed E-state index contributed by atoms with van der Waals surface area (Å²) < 4.78 is 5.10. The van der Waals surface area contributed by atoms with Crippen LogP contribution in [-0.2, 0) is 6.42 Å². The second-order valence-corrected chi connectivity index (χ2v) is 3.74. The Morgan fingerprint density at radius 3 is 2.27 bits per heavy atom. The predicted molar refractivity (Wildman–Crippen MR) is 62.3 cm³/mol. The van der Waals surface area contributed by atoms with Crippen molar-refractivity contribution in [3.63, 3.8) is 0 Å². The molecule has 0 aliphatic carbocycles. The van der Waals surface area contributed by atoms with Gasteiger partial charge in [-0.3, -0.25) is 0 Å². The third-order valence-corrected chi connectivity index (χ3v) is 2.53. The Morgan fingerprint density at radius 2 is 1.67 bits per heavy atom. The quantitative estimate of drug-likeness (QED) is 0.698. The van der Waals surface area contributed by atoms with E-state index in [0.717, 1.165) is 25.0 Å². The predicted octanol–water partition coefficient (Wildman–Crippen LogP) is 2.79. The van der Waals surface area contributed by atoms with E-state index < -0.39 is 0 Å². The Hall–Kier alpha value is -1.02. The van der Waals surface area contributed by atoms with Gasteiger partial charge < -0.3 is 9.84 Å². The van der Waals surface area contributed by atoms with Crippen molar-refractivity contribution in [3.8, 4) is 5.75 Å². The van der Waals surface area contributed by atoms with Gasteiger partial charge in [0.05, 0.1) is 7.11 Å². The molecule has 1 aromatic rings. The van der Waals surface area contributed by atoms with Gasteiger partial charge >= 0.3 is 0 Å². The van der Waals surface area contributed by atoms with Gasteiger partial charge in [0, 0.05) is 6.61 Å². The van der Waals surface area contributed by atoms with Crippen molar-refractivity contribution in [1.29, 1.82) is 0 Å². The van der Waals surface area contributed by atoms with Gasteiger partial charge in [0.15, 0.2) is 0 Å². The number of ether oxygens (including phenoxy) is 1. The molecule has 1 aromatic carbocycles. The van der Waals surface area contributed by atoms with Gasteiger partial charge in [0.1, 0.15) is 5.75 Å². The zero-order valence-electron chi connectivity index (χ0n) is 9.41. The van der Waals surface area contributed by atoms with Gasteiger partial charge in [-0.2, -0.15) is 0 Å². The fourth-order valence-corrected chi connectivity index (χ4v) is 1.59. The molecule has 0 spiro atoms. The van der Waals surface area contributed by atoms with E-state index in [1.54, 1.807) is 7.11 Å². The minimum Gasteiger partial charge on any atom is -0.497 e. The Bertz CT molecular complexity index is 254. The minimum atomic E-state index is 0.322. The van der Waals surface area contributed by atoms with E-state index in [4.69, 9.17) is 9.84 Å². The SMILES string of the molecule is COc1ccc(CCCCCCO)cc1. The zero-order valence-corrected chi connectivity index (χ0v) is 9.41. The molecule has 0 aliphatic rings. The highest BCUT2D eigenvalue weighted by molar-refractivity contribution is 5.27. The van der Waals surface area contributed by atoms with Crippen LogP contribution in [0.5, 0.6) is 5.75 Å². The molecule has 0 radical (unpaired) electrons. The van der Waals surface area contributed by atoms with Crippen LogP contribution in [0.2, 0.25) is 0 Å². The molecule has 0 amide bonds. The summed E-state index contributed by atoms with van der Waals surface area (Å²) in [6.45, 7) is 0.322. The number of hydrogen-bond donors (Lipinski definition) is 1. The lowest BCUT2D eigenvalue weighted by atomic mass is 10.1. The van der Waals surface area contributed by atoms with Crippen molar-refractivity contribution in [2.24, 2.45) is 0 Å². The highest BCUT2D eigenvalue weighted by Crippen LogP contribution is 2.13. The number of aliphatic hydroxyl groups is 1. The lowest BCUT2D eigenvalue weighted by Gasteiger charge is -2.03. The van der Waals surface area contributed by atoms with Crippen LogP contribution < -0.4 is 4.74 Å². The Kier molecular flexibility index (Phi) is 5.86. The van der Waals surface area contributed by atoms with Gasteiger partial charge in [-0.15, -0.1) is 0 Å². The maximum Gasteiger partial charge on any atom is 0.118 e. The van der Waals surface area contributed by atoms with Crippen LogP contribution >= 0.6 is 0 Å². The average molecular weight is 208 g/mol. The summed E-state index contributed by atoms with van der Waals surface area (Å²) in [5, 5.41) is 8.63. The molecule has 84 valence electrons. The van der Waals surface area contributed by atoms with Gasteiger partial charge in [-0.05, 0) is 37.0 Å². The molecule has 0 aliphatic heterocycles. The van der Waals surface area contributed by atoms with Crippen LogP contribution in [0.15, 0.2) is 24.3 Å². The summed E-state index contributed by atoms with van der Waals surface area (Å²) in [6.07, 6.45) is 5.59. The van der Waals surface area contributed by atoms with Crippen LogP contribution in [0.3, 0.4) is 0 Å². The molecule has 0 atom stereocenters. The van der Waals surface area contributed by atoms with Gasteiger partial charge in [0.2, 0.25) is 0 Å². The first kappa shape index (κ1) is 12.1. The van der Waals surface area contributed by atoms with Crippen molar-refractivity contribution < 1.29 is 9.84 Å². The summed E-state index contributed by atoms with van der Waals surface area (Å²) in [5.74, 6) is 0.916. The van der Waals surface area contributed by atoms with Crippen molar-refractivity contribution in [1.82, 2.24) is 0 Å². The molecule has 2 heteroatoms. The Balaban J connectivity index is 2.20. The maximum atomic E-state index is 8.63. The largest absolute Gasteiger partial charge is 0.497 e. The van der Waals surface area contributed by atoms with E-state index in [0.29, 0.717) is 6.61 Å². The monoisotopic (exact) mass is 208 g/mol. The summed E-state index contributed by atoms with van der Waals surface area (Å²) in [6, 6.07) is 8.24. The number of aliphatic hydroxyl groups excluding tert-OH is 1. The number of aryl methyl sites for hydroxylation is 1. The van der Waals surface area contributed by atoms with Crippen LogP contribution in [-0.4, -0.2) is 18.8 Å². The Labute approximate surface area is 91.9 Å². The third-order valence-electron chi connectivity index (χ3n) is 2.53. The summed E-state index contributed by atoms with van der Waals surface area (Å²) >= 11 is 0. The number of rotatable bonds is 7. The maximum absolute atomic E-state index is 8.63. The first-order valence-electron chi connectivity index (χ1n) is 5.60. The highest BCUT2D eigenvalue weighted by atomic mass is 16.5. The molecule has 15 heavy (non-hydrogen) atoms. The van der Waals surface area contributed by atoms with Crippen molar-refractivity contribution >= 4 is 0 Å². The average Bonchev–Trinajstić information content (AvgIpc) is 2.30. The van der Waals surface area contributed by atoms with Crippen LogP contribution in [0, 0.1) is 0 Å². The zero-order chi connectivity index (χ0) is 10.9. The van der Waals surface area contributed by atoms with Crippen molar-refractivity contribution in [2.45, 2.75) is 32.1 Å². The summed E-state index contributed by atoms with van der Waals surface area (Å²) in [7, 11) is 1.68. The van der Waals surface area contributed by atoms with Crippen molar-refractivity contribution in [2.75, 3.05) is 13.7 Å². The first-order chi connectivity index (χ1) is 7.36. The van der Waals surface area contributed by atoms with E-state index >= 15 is 0 Å². The minimum absolute atomic E-state index is 0.322. The molecule has 2 nitrogen and oxygen atoms in total. The molecule has 0 heterocycles. The fourth-order valence-electron chi connectivity index (χ4n) is 1.59. The molecule has 1 rings (SSSR count). The fraction of sp³-hybridized carbons (Fsp3) is 0.538. The lowest BCUT2D eigenvalue weighted by Crippen LogP contribution is -1.88. The van der Waals surface area contributed by atoms with Crippen LogP contribution in [0.4, 0.5) is 0 Å². The Morgan fingerprint density at radius 1 is 1.00 bits per heavy atom. The summed E-state index contributed by atoms with van der Waals surface area (Å²) in [4.78, 5) is 0. The molecule has 0 aromatic heterocycles. The van der Waals surface area contributed by atoms with Gasteiger partial charge in [-0.1, -0.05) is 25.0 Å². The highest BCUT2D eigenvalue weighted by Gasteiger charge is 1.95. The molecule has 0 bridgehead atoms. The first-order valence-corrected chi connectivity index (χ1v) is 5.60. The van der Waals surface area contributed by atoms with E-state index in [1.807, 2.05) is 12.1 Å². The molecule has 0 saturated carbocycles. The third kappa shape index (κ3) is 4.84. The lowest BCUT2D eigenvalue weighted by molar-refractivity contribution is 0.282. The number of methoxy groups -OCH3 is 1. The van der Waals surface area contributed by atoms with E-state index in [9.17, 15) is 0 Å². The van der Waals surface area contributed by atoms with E-state index in [-0.39, 0.29) is 0 Å². The second-order valence-electron chi connectivity index (χ2n) is 3.74. The smallest absolute Gasteiger partial charge is 0.118 e. The molecule has 0 saturated heterocycles. The second kappa shape index (κ2) is 7.30. The van der Waals surface area contributed by atoms with E-state index in [1.165, 1.54) is 18.4 Å². The summed E-state index contributed by atoms with van der Waals surface area (Å²) in [5.41, 5.74) is 1.36. The van der Waals surface area contributed by atoms with Crippen LogP contribution in [0.25, 0.3) is 0 Å². The van der Waals surface area contributed by atoms with Crippen LogP contribution in [0.1, 0.15) is 31.2 Å². The number of unbranched alkanes of at least 4 members (excludes halogenated alkanes) is 3. The molecular weight excluding hydrogens is 188 g/mol. The molecule has 0 unspecified atom stereocenters. The standard InChI is InChI=1S/C13H20O2/c1-15-13-9-7-12(8-10-13)6-4-2-3-5-11-14/h7-10,14H,2-6,11H2,1H3. The molecule has 0 fully saturated rings. The van der Waals surface area contributed by atoms with Gasteiger partial charge in [-0.25, -0.2) is 0 Å². The number of hydrogen-bond acceptors (Lipinski definition) is 2. The topological polar surface area (TPSA) is 29.5 Å². The molecule has 1 N–H and O–H groups in total. The van der Waals surface area contributed by atoms with Gasteiger partial charge in [0.25, 0.3) is 0 Å². The molecular formula is C13H20O2. The van der Waals surface area contributed by atoms with Crippen molar-refractivity contribution in [3.05, 3.63) is 29.8 Å². The normalized spacial score (nSPS) is 10.3. The number of benzene rings is 1.